The Morgan fingerprint density at radius 1 is 1.22 bits per heavy atom. The third-order valence-corrected chi connectivity index (χ3v) is 5.20. The first-order valence-electron chi connectivity index (χ1n) is 4.05. The van der Waals surface area contributed by atoms with Crippen molar-refractivity contribution in [3.8, 4) is 0 Å². The van der Waals surface area contributed by atoms with Crippen LogP contribution in [-0.4, -0.2) is 0 Å². The minimum Gasteiger partial charge on any atom is -0.0588 e. The first-order valence-corrected chi connectivity index (χ1v) is 4.05. The van der Waals surface area contributed by atoms with Crippen molar-refractivity contribution in [2.45, 2.75) is 33.6 Å². The van der Waals surface area contributed by atoms with Gasteiger partial charge in [0, 0.05) is 0 Å². The third kappa shape index (κ3) is 0.189. The maximum Gasteiger partial charge on any atom is -0.0199 e. The fraction of sp³-hybridized carbons (Fsp3) is 1.00. The molecule has 4 aliphatic rings. The molecule has 9 heavy (non-hydrogen) atoms. The summed E-state index contributed by atoms with van der Waals surface area (Å²) in [6.45, 7) is 7.40. The molecule has 3 unspecified atom stereocenters. The Bertz CT molecular complexity index is 201. The molecule has 0 radical (unpaired) electrons. The second kappa shape index (κ2) is 0.741. The molecule has 0 nitrogen and oxygen atoms in total. The van der Waals surface area contributed by atoms with Gasteiger partial charge in [-0.25, -0.2) is 0 Å². The van der Waals surface area contributed by atoms with E-state index in [0.717, 1.165) is 16.2 Å². The summed E-state index contributed by atoms with van der Waals surface area (Å²) in [5, 5.41) is 0. The Kier molecular flexibility index (Phi) is 0.392. The number of hydrogen-bond acceptors (Lipinski definition) is 0. The minimum absolute atomic E-state index is 0.727. The third-order valence-electron chi connectivity index (χ3n) is 5.20. The van der Waals surface area contributed by atoms with E-state index in [1.807, 2.05) is 0 Å². The molecule has 0 saturated heterocycles. The standard InChI is InChI=1S/C9H14/c1-7(2)8(3)5-9(7)4-6(8)9/h6H,4-5H2,1-3H3. The van der Waals surface area contributed by atoms with Gasteiger partial charge < -0.3 is 0 Å². The second-order valence-corrected chi connectivity index (χ2v) is 5.13. The maximum atomic E-state index is 2.48. The van der Waals surface area contributed by atoms with Gasteiger partial charge in [0.15, 0.2) is 0 Å². The van der Waals surface area contributed by atoms with Crippen LogP contribution in [0.1, 0.15) is 33.6 Å². The van der Waals surface area contributed by atoms with Gasteiger partial charge in [0.2, 0.25) is 0 Å². The molecule has 0 aromatic rings. The lowest BCUT2D eigenvalue weighted by atomic mass is 9.31. The number of rotatable bonds is 0. The first kappa shape index (κ1) is 4.76. The summed E-state index contributed by atoms with van der Waals surface area (Å²) in [6.07, 6.45) is 3.12. The van der Waals surface area contributed by atoms with Crippen molar-refractivity contribution in [3.63, 3.8) is 0 Å². The molecule has 0 amide bonds. The summed E-state index contributed by atoms with van der Waals surface area (Å²) in [5.74, 6) is 1.17. The van der Waals surface area contributed by atoms with Crippen molar-refractivity contribution in [2.75, 3.05) is 0 Å². The molecule has 0 aromatic heterocycles. The van der Waals surface area contributed by atoms with Gasteiger partial charge >= 0.3 is 0 Å². The fourth-order valence-corrected chi connectivity index (χ4v) is 3.94. The first-order chi connectivity index (χ1) is 4.05. The van der Waals surface area contributed by atoms with Gasteiger partial charge in [-0.05, 0) is 35.0 Å². The average Bonchev–Trinajstić information content (AvgIpc) is 2.37. The molecule has 50 valence electrons. The quantitative estimate of drug-likeness (QED) is 0.463. The second-order valence-electron chi connectivity index (χ2n) is 5.13. The van der Waals surface area contributed by atoms with E-state index in [4.69, 9.17) is 0 Å². The lowest BCUT2D eigenvalue weighted by molar-refractivity contribution is -0.254. The van der Waals surface area contributed by atoms with Crippen LogP contribution in [0.3, 0.4) is 0 Å². The fourth-order valence-electron chi connectivity index (χ4n) is 3.94. The molecular formula is C9H14. The van der Waals surface area contributed by atoms with Crippen LogP contribution in [0.25, 0.3) is 0 Å². The molecule has 0 N–H and O–H groups in total. The van der Waals surface area contributed by atoms with Crippen molar-refractivity contribution >= 4 is 0 Å². The van der Waals surface area contributed by atoms with Crippen LogP contribution >= 0.6 is 0 Å². The molecule has 4 aliphatic carbocycles. The van der Waals surface area contributed by atoms with Crippen molar-refractivity contribution in [1.82, 2.24) is 0 Å². The molecular weight excluding hydrogens is 108 g/mol. The highest BCUT2D eigenvalue weighted by Gasteiger charge is 2.93. The van der Waals surface area contributed by atoms with Crippen molar-refractivity contribution in [1.29, 1.82) is 0 Å². The molecule has 1 spiro atoms. The molecule has 4 fully saturated rings. The van der Waals surface area contributed by atoms with Crippen LogP contribution < -0.4 is 0 Å². The van der Waals surface area contributed by atoms with Crippen molar-refractivity contribution in [3.05, 3.63) is 0 Å². The van der Waals surface area contributed by atoms with E-state index in [9.17, 15) is 0 Å². The van der Waals surface area contributed by atoms with Crippen LogP contribution in [0.2, 0.25) is 0 Å². The summed E-state index contributed by atoms with van der Waals surface area (Å²) in [5.41, 5.74) is 2.40. The van der Waals surface area contributed by atoms with Gasteiger partial charge in [-0.2, -0.15) is 0 Å². The topological polar surface area (TPSA) is 0 Å². The van der Waals surface area contributed by atoms with Gasteiger partial charge in [-0.1, -0.05) is 20.8 Å². The van der Waals surface area contributed by atoms with E-state index in [-0.39, 0.29) is 0 Å². The highest BCUT2D eigenvalue weighted by Crippen LogP contribution is 2.99. The molecule has 4 saturated carbocycles. The summed E-state index contributed by atoms with van der Waals surface area (Å²) >= 11 is 0. The summed E-state index contributed by atoms with van der Waals surface area (Å²) in [6, 6.07) is 0. The molecule has 2 bridgehead atoms. The van der Waals surface area contributed by atoms with Crippen LogP contribution in [-0.2, 0) is 0 Å². The van der Waals surface area contributed by atoms with Crippen LogP contribution in [0.4, 0.5) is 0 Å². The largest absolute Gasteiger partial charge is 0.0588 e. The van der Waals surface area contributed by atoms with E-state index in [0.29, 0.717) is 0 Å². The predicted octanol–water partition coefficient (Wildman–Crippen LogP) is 2.44. The van der Waals surface area contributed by atoms with Gasteiger partial charge in [-0.15, -0.1) is 0 Å². The molecule has 0 aliphatic heterocycles. The van der Waals surface area contributed by atoms with E-state index >= 15 is 0 Å². The Balaban J connectivity index is 2.14. The molecule has 0 aromatic carbocycles. The van der Waals surface area contributed by atoms with E-state index < -0.39 is 0 Å². The van der Waals surface area contributed by atoms with Crippen LogP contribution in [0, 0.1) is 22.2 Å². The summed E-state index contributed by atoms with van der Waals surface area (Å²) in [4.78, 5) is 0. The molecule has 0 heterocycles. The predicted molar refractivity (Wildman–Crippen MR) is 37.0 cm³/mol. The zero-order valence-electron chi connectivity index (χ0n) is 6.49. The zero-order valence-corrected chi connectivity index (χ0v) is 6.49. The Hall–Kier alpha value is 0. The van der Waals surface area contributed by atoms with Crippen LogP contribution in [0.15, 0.2) is 0 Å². The Labute approximate surface area is 56.6 Å². The van der Waals surface area contributed by atoms with Crippen molar-refractivity contribution in [2.24, 2.45) is 22.2 Å². The maximum absolute atomic E-state index is 2.48. The highest BCUT2D eigenvalue weighted by molar-refractivity contribution is 5.41. The van der Waals surface area contributed by atoms with Gasteiger partial charge in [0.05, 0.1) is 0 Å². The van der Waals surface area contributed by atoms with E-state index in [1.54, 1.807) is 12.8 Å². The summed E-state index contributed by atoms with van der Waals surface area (Å²) < 4.78 is 0. The van der Waals surface area contributed by atoms with Crippen molar-refractivity contribution < 1.29 is 0 Å². The smallest absolute Gasteiger partial charge is 0.0199 e. The van der Waals surface area contributed by atoms with Gasteiger partial charge in [0.1, 0.15) is 0 Å². The Morgan fingerprint density at radius 3 is 2.00 bits per heavy atom. The molecule has 0 heteroatoms. The average molecular weight is 122 g/mol. The number of hydrogen-bond donors (Lipinski definition) is 0. The van der Waals surface area contributed by atoms with Gasteiger partial charge in [0.25, 0.3) is 0 Å². The van der Waals surface area contributed by atoms with E-state index in [1.165, 1.54) is 5.92 Å². The van der Waals surface area contributed by atoms with Gasteiger partial charge in [-0.3, -0.25) is 0 Å². The highest BCUT2D eigenvalue weighted by atomic mass is 15.0. The van der Waals surface area contributed by atoms with Crippen LogP contribution in [0.5, 0.6) is 0 Å². The summed E-state index contributed by atoms with van der Waals surface area (Å²) in [7, 11) is 0. The molecule has 3 atom stereocenters. The lowest BCUT2D eigenvalue weighted by Gasteiger charge is -2.73. The monoisotopic (exact) mass is 122 g/mol. The van der Waals surface area contributed by atoms with E-state index in [2.05, 4.69) is 20.8 Å². The minimum atomic E-state index is 0.727. The Morgan fingerprint density at radius 2 is 1.89 bits per heavy atom. The molecule has 4 rings (SSSR count). The zero-order chi connectivity index (χ0) is 6.49. The SMILES string of the molecule is CC12CC3(CC13)C2(C)C. The normalized spacial score (nSPS) is 71.7. The lowest BCUT2D eigenvalue weighted by Crippen LogP contribution is -2.67.